The summed E-state index contributed by atoms with van der Waals surface area (Å²) in [6.07, 6.45) is -0.719. The lowest BCUT2D eigenvalue weighted by atomic mass is 9.86. The predicted molar refractivity (Wildman–Crippen MR) is 126 cm³/mol. The predicted octanol–water partition coefficient (Wildman–Crippen LogP) is 4.17. The topological polar surface area (TPSA) is 105 Å². The molecule has 3 rings (SSSR count). The number of alkyl carbamates (subject to hydrolysis) is 1. The second kappa shape index (κ2) is 9.65. The van der Waals surface area contributed by atoms with Gasteiger partial charge in [-0.2, -0.15) is 0 Å². The van der Waals surface area contributed by atoms with Crippen LogP contribution in [0, 0.1) is 11.3 Å². The normalized spacial score (nSPS) is 14.7. The summed E-state index contributed by atoms with van der Waals surface area (Å²) < 4.78 is 5.57. The second-order valence-corrected chi connectivity index (χ2v) is 9.84. The summed E-state index contributed by atoms with van der Waals surface area (Å²) in [4.78, 5) is 37.1. The van der Waals surface area contributed by atoms with Crippen molar-refractivity contribution in [2.75, 3.05) is 6.61 Å². The number of hydrogen-bond donors (Lipinski definition) is 3. The van der Waals surface area contributed by atoms with Gasteiger partial charge in [0.05, 0.1) is 0 Å². The number of carbonyl (C=O) groups excluding carboxylic acids is 2. The van der Waals surface area contributed by atoms with E-state index < -0.39 is 35.5 Å². The molecule has 0 bridgehead atoms. The van der Waals surface area contributed by atoms with Crippen molar-refractivity contribution in [3.05, 3.63) is 59.7 Å². The molecule has 33 heavy (non-hydrogen) atoms. The number of amides is 2. The molecule has 2 aromatic carbocycles. The molecule has 7 nitrogen and oxygen atoms in total. The molecule has 0 aromatic heterocycles. The van der Waals surface area contributed by atoms with Gasteiger partial charge in [0.2, 0.25) is 5.91 Å². The first kappa shape index (κ1) is 24.3. The van der Waals surface area contributed by atoms with E-state index in [1.54, 1.807) is 34.6 Å². The molecule has 0 saturated heterocycles. The molecule has 176 valence electrons. The molecule has 0 spiro atoms. The van der Waals surface area contributed by atoms with Crippen molar-refractivity contribution in [1.29, 1.82) is 0 Å². The summed E-state index contributed by atoms with van der Waals surface area (Å²) in [6.45, 7) is 8.95. The third-order valence-corrected chi connectivity index (χ3v) is 5.96. The molecule has 1 aliphatic carbocycles. The van der Waals surface area contributed by atoms with E-state index >= 15 is 0 Å². The Labute approximate surface area is 194 Å². The van der Waals surface area contributed by atoms with E-state index in [-0.39, 0.29) is 18.4 Å². The molecule has 7 heteroatoms. The van der Waals surface area contributed by atoms with Crippen LogP contribution in [-0.4, -0.2) is 41.8 Å². The van der Waals surface area contributed by atoms with E-state index in [1.165, 1.54) is 0 Å². The fourth-order valence-corrected chi connectivity index (χ4v) is 4.18. The molecule has 1 unspecified atom stereocenters. The molecule has 0 fully saturated rings. The third-order valence-electron chi connectivity index (χ3n) is 5.96. The van der Waals surface area contributed by atoms with Crippen molar-refractivity contribution in [3.8, 4) is 11.1 Å². The lowest BCUT2D eigenvalue weighted by molar-refractivity contribution is -0.143. The number of rotatable bonds is 7. The highest BCUT2D eigenvalue weighted by atomic mass is 16.5. The van der Waals surface area contributed by atoms with E-state index in [2.05, 4.69) is 22.8 Å². The van der Waals surface area contributed by atoms with E-state index in [9.17, 15) is 19.5 Å². The summed E-state index contributed by atoms with van der Waals surface area (Å²) in [5, 5.41) is 14.6. The smallest absolute Gasteiger partial charge is 0.407 e. The Bertz CT molecular complexity index is 995. The van der Waals surface area contributed by atoms with Crippen molar-refractivity contribution in [1.82, 2.24) is 10.6 Å². The average molecular weight is 453 g/mol. The van der Waals surface area contributed by atoms with E-state index in [4.69, 9.17) is 4.74 Å². The van der Waals surface area contributed by atoms with E-state index in [0.717, 1.165) is 22.3 Å². The largest absolute Gasteiger partial charge is 0.480 e. The van der Waals surface area contributed by atoms with Gasteiger partial charge in [0, 0.05) is 5.92 Å². The first-order valence-corrected chi connectivity index (χ1v) is 11.2. The summed E-state index contributed by atoms with van der Waals surface area (Å²) in [6, 6.07) is 14.1. The Morgan fingerprint density at radius 1 is 0.939 bits per heavy atom. The van der Waals surface area contributed by atoms with Gasteiger partial charge < -0.3 is 20.5 Å². The van der Waals surface area contributed by atoms with E-state index in [1.807, 2.05) is 36.4 Å². The highest BCUT2D eigenvalue weighted by molar-refractivity contribution is 5.90. The van der Waals surface area contributed by atoms with Crippen molar-refractivity contribution in [2.24, 2.45) is 11.3 Å². The van der Waals surface area contributed by atoms with Gasteiger partial charge in [-0.1, -0.05) is 83.1 Å². The molecule has 3 N–H and O–H groups in total. The average Bonchev–Trinajstić information content (AvgIpc) is 3.06. The summed E-state index contributed by atoms with van der Waals surface area (Å²) in [5.41, 5.74) is 3.79. The van der Waals surface area contributed by atoms with Crippen molar-refractivity contribution < 1.29 is 24.2 Å². The number of nitrogens with one attached hydrogen (secondary N) is 2. The number of benzene rings is 2. The molecule has 0 aliphatic heterocycles. The van der Waals surface area contributed by atoms with Gasteiger partial charge in [-0.05, 0) is 33.6 Å². The number of ether oxygens (including phenoxy) is 1. The maximum atomic E-state index is 12.9. The van der Waals surface area contributed by atoms with Crippen molar-refractivity contribution in [3.63, 3.8) is 0 Å². The maximum Gasteiger partial charge on any atom is 0.407 e. The highest BCUT2D eigenvalue weighted by Crippen LogP contribution is 2.44. The van der Waals surface area contributed by atoms with Gasteiger partial charge in [-0.3, -0.25) is 4.79 Å². The van der Waals surface area contributed by atoms with E-state index in [0.29, 0.717) is 0 Å². The molecule has 0 heterocycles. The maximum absolute atomic E-state index is 12.9. The van der Waals surface area contributed by atoms with Crippen LogP contribution < -0.4 is 10.6 Å². The molecule has 2 amide bonds. The van der Waals surface area contributed by atoms with Gasteiger partial charge in [-0.25, -0.2) is 9.59 Å². The highest BCUT2D eigenvalue weighted by Gasteiger charge is 2.36. The zero-order valence-electron chi connectivity index (χ0n) is 19.7. The Morgan fingerprint density at radius 2 is 1.45 bits per heavy atom. The monoisotopic (exact) mass is 452 g/mol. The van der Waals surface area contributed by atoms with Gasteiger partial charge in [0.1, 0.15) is 18.7 Å². The number of carboxylic acids is 1. The molecule has 0 radical (unpaired) electrons. The van der Waals surface area contributed by atoms with Crippen molar-refractivity contribution >= 4 is 18.0 Å². The Balaban J connectivity index is 1.71. The third kappa shape index (κ3) is 5.35. The van der Waals surface area contributed by atoms with Crippen LogP contribution in [0.5, 0.6) is 0 Å². The summed E-state index contributed by atoms with van der Waals surface area (Å²) in [5.74, 6) is -2.08. The fraction of sp³-hybridized carbons (Fsp3) is 0.423. The Kier molecular flexibility index (Phi) is 7.10. The quantitative estimate of drug-likeness (QED) is 0.585. The number of carbonyl (C=O) groups is 3. The van der Waals surface area contributed by atoms with Crippen molar-refractivity contribution in [2.45, 2.75) is 52.6 Å². The molecule has 2 atom stereocenters. The number of fused-ring (bicyclic) bond motifs is 3. The number of aliphatic carboxylic acids is 1. The minimum absolute atomic E-state index is 0.0950. The molecular formula is C26H32N2O5. The standard InChI is InChI=1S/C26H32N2O5/c1-15(2)21(24(30)31)27-23(29)22(26(3,4)5)28-25(32)33-14-20-18-12-8-6-10-16(18)17-11-7-9-13-19(17)20/h6-13,15,20-22H,14H2,1-5H3,(H,27,29)(H,28,32)(H,30,31)/t21-,22?/m0/s1. The second-order valence-electron chi connectivity index (χ2n) is 9.84. The lowest BCUT2D eigenvalue weighted by Gasteiger charge is -2.31. The first-order chi connectivity index (χ1) is 15.5. The van der Waals surface area contributed by atoms with Gasteiger partial charge in [0.25, 0.3) is 0 Å². The zero-order valence-corrected chi connectivity index (χ0v) is 19.7. The molecule has 0 saturated carbocycles. The lowest BCUT2D eigenvalue weighted by Crippen LogP contribution is -2.57. The Hall–Kier alpha value is -3.35. The summed E-state index contributed by atoms with van der Waals surface area (Å²) >= 11 is 0. The van der Waals surface area contributed by atoms with Crippen LogP contribution in [0.1, 0.15) is 51.7 Å². The zero-order chi connectivity index (χ0) is 24.3. The Morgan fingerprint density at radius 3 is 1.91 bits per heavy atom. The SMILES string of the molecule is CC(C)[C@H](NC(=O)C(NC(=O)OCC1c2ccccc2-c2ccccc21)C(C)(C)C)C(=O)O. The van der Waals surface area contributed by atoms with Crippen LogP contribution in [0.2, 0.25) is 0 Å². The number of carboxylic acid groups (broad SMARTS) is 1. The minimum Gasteiger partial charge on any atom is -0.480 e. The molecule has 1 aliphatic rings. The van der Waals surface area contributed by atoms with Crippen LogP contribution in [0.4, 0.5) is 4.79 Å². The number of hydrogen-bond acceptors (Lipinski definition) is 4. The van der Waals surface area contributed by atoms with Gasteiger partial charge >= 0.3 is 12.1 Å². The molecular weight excluding hydrogens is 420 g/mol. The summed E-state index contributed by atoms with van der Waals surface area (Å²) in [7, 11) is 0. The van der Waals surface area contributed by atoms with Gasteiger partial charge in [-0.15, -0.1) is 0 Å². The van der Waals surface area contributed by atoms with Crippen LogP contribution in [-0.2, 0) is 14.3 Å². The molecule has 2 aromatic rings. The minimum atomic E-state index is -1.12. The first-order valence-electron chi connectivity index (χ1n) is 11.2. The van der Waals surface area contributed by atoms with Crippen LogP contribution in [0.25, 0.3) is 11.1 Å². The van der Waals surface area contributed by atoms with Gasteiger partial charge in [0.15, 0.2) is 0 Å². The van der Waals surface area contributed by atoms with Crippen LogP contribution in [0.15, 0.2) is 48.5 Å². The van der Waals surface area contributed by atoms with Crippen LogP contribution in [0.3, 0.4) is 0 Å². The van der Waals surface area contributed by atoms with Crippen LogP contribution >= 0.6 is 0 Å². The fourth-order valence-electron chi connectivity index (χ4n) is 4.18.